The van der Waals surface area contributed by atoms with Gasteiger partial charge >= 0.3 is 0 Å². The fourth-order valence-electron chi connectivity index (χ4n) is 2.23. The molecule has 0 radical (unpaired) electrons. The molecule has 0 aliphatic carbocycles. The van der Waals surface area contributed by atoms with Gasteiger partial charge in [-0.15, -0.1) is 0 Å². The van der Waals surface area contributed by atoms with Crippen LogP contribution in [0, 0.1) is 0 Å². The summed E-state index contributed by atoms with van der Waals surface area (Å²) in [6.07, 6.45) is 0. The summed E-state index contributed by atoms with van der Waals surface area (Å²) in [5.41, 5.74) is -0.409. The van der Waals surface area contributed by atoms with Crippen molar-refractivity contribution in [1.29, 1.82) is 0 Å². The molecule has 1 heterocycles. The van der Waals surface area contributed by atoms with Crippen LogP contribution < -0.4 is 14.8 Å². The maximum atomic E-state index is 12.6. The van der Waals surface area contributed by atoms with Gasteiger partial charge in [0, 0.05) is 11.1 Å². The van der Waals surface area contributed by atoms with Crippen molar-refractivity contribution < 1.29 is 14.3 Å². The summed E-state index contributed by atoms with van der Waals surface area (Å²) in [6.45, 7) is 3.37. The van der Waals surface area contributed by atoms with Gasteiger partial charge in [0.1, 0.15) is 11.5 Å². The summed E-state index contributed by atoms with van der Waals surface area (Å²) in [6, 6.07) is 10.3. The van der Waals surface area contributed by atoms with Crippen molar-refractivity contribution in [2.24, 2.45) is 0 Å². The number of anilines is 1. The minimum atomic E-state index is -1.10. The average molecular weight is 411 g/mol. The molecule has 8 heteroatoms. The molecular formula is C18H16Cl2N2O3S. The standard InChI is InChI=1S/C18H16Cl2N2O3S/c1-18(2,25-11-6-4-10(19)5-7-11)16(23)22-17-21-13-8-12(20)14(24-3)9-15(13)26-17/h4-9H,1-3H3,(H,21,22,23). The molecule has 0 bridgehead atoms. The van der Waals surface area contributed by atoms with Crippen molar-refractivity contribution in [3.63, 3.8) is 0 Å². The Morgan fingerprint density at radius 2 is 1.88 bits per heavy atom. The smallest absolute Gasteiger partial charge is 0.269 e. The van der Waals surface area contributed by atoms with Crippen LogP contribution in [0.3, 0.4) is 0 Å². The largest absolute Gasteiger partial charge is 0.495 e. The quantitative estimate of drug-likeness (QED) is 0.610. The van der Waals surface area contributed by atoms with Crippen molar-refractivity contribution in [2.45, 2.75) is 19.4 Å². The molecule has 1 aromatic heterocycles. The van der Waals surface area contributed by atoms with E-state index in [9.17, 15) is 4.79 Å². The number of amides is 1. The van der Waals surface area contributed by atoms with E-state index in [0.717, 1.165) is 4.70 Å². The number of nitrogens with zero attached hydrogens (tertiary/aromatic N) is 1. The van der Waals surface area contributed by atoms with E-state index in [0.29, 0.717) is 32.2 Å². The highest BCUT2D eigenvalue weighted by molar-refractivity contribution is 7.22. The lowest BCUT2D eigenvalue weighted by Gasteiger charge is -2.24. The number of ether oxygens (including phenoxy) is 2. The Kier molecular flexibility index (Phi) is 5.27. The van der Waals surface area contributed by atoms with E-state index >= 15 is 0 Å². The Morgan fingerprint density at radius 1 is 1.19 bits per heavy atom. The zero-order valence-corrected chi connectivity index (χ0v) is 16.6. The van der Waals surface area contributed by atoms with Crippen molar-refractivity contribution in [3.8, 4) is 11.5 Å². The van der Waals surface area contributed by atoms with Gasteiger partial charge in [-0.2, -0.15) is 0 Å². The number of thiazole rings is 1. The molecule has 0 saturated heterocycles. The summed E-state index contributed by atoms with van der Waals surface area (Å²) < 4.78 is 11.8. The maximum absolute atomic E-state index is 12.6. The van der Waals surface area contributed by atoms with E-state index in [4.69, 9.17) is 32.7 Å². The van der Waals surface area contributed by atoms with Crippen LogP contribution in [0.15, 0.2) is 36.4 Å². The lowest BCUT2D eigenvalue weighted by molar-refractivity contribution is -0.128. The van der Waals surface area contributed by atoms with Gasteiger partial charge in [-0.3, -0.25) is 10.1 Å². The van der Waals surface area contributed by atoms with Crippen LogP contribution in [-0.2, 0) is 4.79 Å². The average Bonchev–Trinajstić information content (AvgIpc) is 2.96. The number of hydrogen-bond acceptors (Lipinski definition) is 5. The number of fused-ring (bicyclic) bond motifs is 1. The minimum absolute atomic E-state index is 0.315. The van der Waals surface area contributed by atoms with Crippen LogP contribution in [0.2, 0.25) is 10.0 Å². The summed E-state index contributed by atoms with van der Waals surface area (Å²) >= 11 is 13.3. The Balaban J connectivity index is 1.77. The Morgan fingerprint density at radius 3 is 2.54 bits per heavy atom. The molecule has 1 amide bonds. The first-order chi connectivity index (χ1) is 12.3. The maximum Gasteiger partial charge on any atom is 0.269 e. The lowest BCUT2D eigenvalue weighted by Crippen LogP contribution is -2.42. The highest BCUT2D eigenvalue weighted by Gasteiger charge is 2.31. The first-order valence-electron chi connectivity index (χ1n) is 7.68. The predicted octanol–water partition coefficient (Wildman–Crippen LogP) is 5.41. The monoisotopic (exact) mass is 410 g/mol. The van der Waals surface area contributed by atoms with E-state index in [1.165, 1.54) is 11.3 Å². The Hall–Kier alpha value is -2.02. The van der Waals surface area contributed by atoms with Crippen LogP contribution in [-0.4, -0.2) is 23.6 Å². The summed E-state index contributed by atoms with van der Waals surface area (Å²) in [7, 11) is 1.55. The molecule has 0 saturated carbocycles. The molecule has 0 aliphatic heterocycles. The summed E-state index contributed by atoms with van der Waals surface area (Å²) in [5, 5.41) is 4.32. The molecule has 5 nitrogen and oxygen atoms in total. The molecule has 1 N–H and O–H groups in total. The van der Waals surface area contributed by atoms with Gasteiger partial charge in [0.2, 0.25) is 0 Å². The number of methoxy groups -OCH3 is 1. The number of rotatable bonds is 5. The minimum Gasteiger partial charge on any atom is -0.495 e. The van der Waals surface area contributed by atoms with E-state index in [1.807, 2.05) is 0 Å². The number of benzene rings is 2. The van der Waals surface area contributed by atoms with Crippen LogP contribution in [0.4, 0.5) is 5.13 Å². The van der Waals surface area contributed by atoms with Gasteiger partial charge in [0.15, 0.2) is 10.7 Å². The van der Waals surface area contributed by atoms with E-state index in [2.05, 4.69) is 10.3 Å². The number of aromatic nitrogens is 1. The molecule has 0 atom stereocenters. The topological polar surface area (TPSA) is 60.5 Å². The first-order valence-corrected chi connectivity index (χ1v) is 9.26. The van der Waals surface area contributed by atoms with Gasteiger partial charge in [-0.25, -0.2) is 4.98 Å². The normalized spacial score (nSPS) is 11.4. The second-order valence-corrected chi connectivity index (χ2v) is 7.87. The highest BCUT2D eigenvalue weighted by atomic mass is 35.5. The molecule has 136 valence electrons. The molecule has 0 spiro atoms. The molecule has 26 heavy (non-hydrogen) atoms. The van der Waals surface area contributed by atoms with Gasteiger partial charge in [-0.1, -0.05) is 34.5 Å². The van der Waals surface area contributed by atoms with E-state index in [-0.39, 0.29) is 5.91 Å². The van der Waals surface area contributed by atoms with Crippen molar-refractivity contribution in [3.05, 3.63) is 46.4 Å². The van der Waals surface area contributed by atoms with Crippen LogP contribution in [0.1, 0.15) is 13.8 Å². The molecule has 3 rings (SSSR count). The third kappa shape index (κ3) is 4.03. The number of carbonyl (C=O) groups excluding carboxylic acids is 1. The van der Waals surface area contributed by atoms with Crippen LogP contribution in [0.5, 0.6) is 11.5 Å². The Labute approximate surface area is 164 Å². The van der Waals surface area contributed by atoms with Crippen LogP contribution in [0.25, 0.3) is 10.2 Å². The van der Waals surface area contributed by atoms with Crippen LogP contribution >= 0.6 is 34.5 Å². The molecule has 0 aliphatic rings. The zero-order chi connectivity index (χ0) is 18.9. The molecular weight excluding hydrogens is 395 g/mol. The zero-order valence-electron chi connectivity index (χ0n) is 14.3. The van der Waals surface area contributed by atoms with Gasteiger partial charge in [0.25, 0.3) is 5.91 Å². The lowest BCUT2D eigenvalue weighted by atomic mass is 10.1. The predicted molar refractivity (Wildman–Crippen MR) is 106 cm³/mol. The number of nitrogens with one attached hydrogen (secondary N) is 1. The van der Waals surface area contributed by atoms with E-state index < -0.39 is 5.60 Å². The van der Waals surface area contributed by atoms with E-state index in [1.54, 1.807) is 57.4 Å². The SMILES string of the molecule is COc1cc2sc(NC(=O)C(C)(C)Oc3ccc(Cl)cc3)nc2cc1Cl. The second kappa shape index (κ2) is 7.31. The number of carbonyl (C=O) groups is 1. The number of hydrogen-bond donors (Lipinski definition) is 1. The van der Waals surface area contributed by atoms with Gasteiger partial charge < -0.3 is 9.47 Å². The molecule has 0 fully saturated rings. The van der Waals surface area contributed by atoms with Crippen molar-refractivity contribution in [1.82, 2.24) is 4.98 Å². The molecule has 2 aromatic carbocycles. The Bertz CT molecular complexity index is 955. The summed E-state index contributed by atoms with van der Waals surface area (Å²) in [4.78, 5) is 17.0. The molecule has 0 unspecified atom stereocenters. The highest BCUT2D eigenvalue weighted by Crippen LogP contribution is 2.34. The van der Waals surface area contributed by atoms with Gasteiger partial charge in [0.05, 0.1) is 22.3 Å². The first kappa shape index (κ1) is 18.8. The second-order valence-electron chi connectivity index (χ2n) is 5.99. The third-order valence-corrected chi connectivity index (χ3v) is 5.10. The molecule has 3 aromatic rings. The summed E-state index contributed by atoms with van der Waals surface area (Å²) in [5.74, 6) is 0.798. The fraction of sp³-hybridized carbons (Fsp3) is 0.222. The van der Waals surface area contributed by atoms with Crippen molar-refractivity contribution >= 4 is 55.8 Å². The fourth-order valence-corrected chi connectivity index (χ4v) is 3.46. The van der Waals surface area contributed by atoms with Gasteiger partial charge in [-0.05, 0) is 44.2 Å². The number of halogens is 2. The third-order valence-electron chi connectivity index (χ3n) is 3.62. The van der Waals surface area contributed by atoms with Crippen molar-refractivity contribution in [2.75, 3.05) is 12.4 Å².